The van der Waals surface area contributed by atoms with E-state index in [-0.39, 0.29) is 18.2 Å². The van der Waals surface area contributed by atoms with E-state index in [1.165, 1.54) is 16.9 Å². The third kappa shape index (κ3) is 4.28. The molecule has 1 atom stereocenters. The number of amides is 3. The Labute approximate surface area is 190 Å². The standard InChI is InChI=1S/C23H25N3O5S/c27-21-6-5-19(22(28)24-21)26-12-17-18(23(26)29)14-32-20(17)13-31-16-3-1-15(2-4-16)11-25-7-9-30-10-8-25/h1-4,14,19H,5-13H2,(H,24,27,28)/t19-/m0/s1. The number of benzene rings is 1. The van der Waals surface area contributed by atoms with Crippen molar-refractivity contribution in [3.05, 3.63) is 51.2 Å². The minimum absolute atomic E-state index is 0.149. The number of carbonyl (C=O) groups is 3. The highest BCUT2D eigenvalue weighted by Gasteiger charge is 2.40. The third-order valence-corrected chi connectivity index (χ3v) is 7.19. The van der Waals surface area contributed by atoms with Gasteiger partial charge in [-0.25, -0.2) is 0 Å². The molecule has 1 aromatic carbocycles. The first-order valence-electron chi connectivity index (χ1n) is 10.8. The van der Waals surface area contributed by atoms with E-state index in [9.17, 15) is 14.4 Å². The van der Waals surface area contributed by atoms with Gasteiger partial charge in [-0.15, -0.1) is 11.3 Å². The molecule has 0 aliphatic carbocycles. The first-order valence-corrected chi connectivity index (χ1v) is 11.7. The lowest BCUT2D eigenvalue weighted by Crippen LogP contribution is -2.52. The van der Waals surface area contributed by atoms with Gasteiger partial charge >= 0.3 is 0 Å². The van der Waals surface area contributed by atoms with E-state index >= 15 is 0 Å². The molecule has 2 aromatic rings. The van der Waals surface area contributed by atoms with E-state index in [2.05, 4.69) is 22.3 Å². The SMILES string of the molecule is O=C1CC[C@H](N2Cc3c(csc3COc3ccc(CN4CCOCC4)cc3)C2=O)C(=O)N1. The molecule has 3 amide bonds. The van der Waals surface area contributed by atoms with Crippen LogP contribution in [0.1, 0.15) is 39.2 Å². The average Bonchev–Trinajstić information content (AvgIpc) is 3.34. The molecule has 168 valence electrons. The molecule has 1 N–H and O–H groups in total. The van der Waals surface area contributed by atoms with Crippen LogP contribution in [-0.4, -0.2) is 59.9 Å². The maximum Gasteiger partial charge on any atom is 0.256 e. The number of thiophene rings is 1. The molecule has 8 nitrogen and oxygen atoms in total. The summed E-state index contributed by atoms with van der Waals surface area (Å²) in [5.41, 5.74) is 2.80. The molecule has 1 aromatic heterocycles. The van der Waals surface area contributed by atoms with Crippen molar-refractivity contribution in [2.75, 3.05) is 26.3 Å². The monoisotopic (exact) mass is 455 g/mol. The topological polar surface area (TPSA) is 88.2 Å². The fourth-order valence-corrected chi connectivity index (χ4v) is 5.33. The fraction of sp³-hybridized carbons (Fsp3) is 0.435. The number of hydrogen-bond donors (Lipinski definition) is 1. The highest BCUT2D eigenvalue weighted by atomic mass is 32.1. The summed E-state index contributed by atoms with van der Waals surface area (Å²) in [4.78, 5) is 41.4. The molecule has 0 spiro atoms. The van der Waals surface area contributed by atoms with Gasteiger partial charge in [0.15, 0.2) is 0 Å². The highest BCUT2D eigenvalue weighted by molar-refractivity contribution is 7.10. The van der Waals surface area contributed by atoms with Gasteiger partial charge in [-0.1, -0.05) is 12.1 Å². The summed E-state index contributed by atoms with van der Waals surface area (Å²) in [6.07, 6.45) is 0.622. The number of ether oxygens (including phenoxy) is 2. The Morgan fingerprint density at radius 2 is 1.91 bits per heavy atom. The van der Waals surface area contributed by atoms with E-state index in [1.54, 1.807) is 4.90 Å². The van der Waals surface area contributed by atoms with Gasteiger partial charge in [-0.2, -0.15) is 0 Å². The van der Waals surface area contributed by atoms with Crippen LogP contribution in [0.2, 0.25) is 0 Å². The Balaban J connectivity index is 1.19. The molecule has 0 saturated carbocycles. The molecule has 2 saturated heterocycles. The summed E-state index contributed by atoms with van der Waals surface area (Å²) < 4.78 is 11.4. The minimum atomic E-state index is -0.592. The van der Waals surface area contributed by atoms with Crippen LogP contribution >= 0.6 is 11.3 Å². The van der Waals surface area contributed by atoms with Crippen LogP contribution in [0.15, 0.2) is 29.6 Å². The minimum Gasteiger partial charge on any atom is -0.488 e. The second-order valence-electron chi connectivity index (χ2n) is 8.27. The molecule has 9 heteroatoms. The Morgan fingerprint density at radius 3 is 2.66 bits per heavy atom. The van der Waals surface area contributed by atoms with Gasteiger partial charge in [-0.3, -0.25) is 24.6 Å². The van der Waals surface area contributed by atoms with E-state index < -0.39 is 11.9 Å². The molecule has 32 heavy (non-hydrogen) atoms. The van der Waals surface area contributed by atoms with Crippen LogP contribution in [-0.2, 0) is 34.0 Å². The van der Waals surface area contributed by atoms with Crippen LogP contribution in [0.5, 0.6) is 5.75 Å². The van der Waals surface area contributed by atoms with Crippen LogP contribution < -0.4 is 10.1 Å². The summed E-state index contributed by atoms with van der Waals surface area (Å²) in [6.45, 7) is 5.14. The highest BCUT2D eigenvalue weighted by Crippen LogP contribution is 2.34. The van der Waals surface area contributed by atoms with Gasteiger partial charge in [0.1, 0.15) is 18.4 Å². The van der Waals surface area contributed by atoms with Gasteiger partial charge in [0, 0.05) is 48.4 Å². The Morgan fingerprint density at radius 1 is 1.12 bits per heavy atom. The number of fused-ring (bicyclic) bond motifs is 1. The largest absolute Gasteiger partial charge is 0.488 e. The van der Waals surface area contributed by atoms with Crippen molar-refractivity contribution >= 4 is 29.1 Å². The molecule has 2 fully saturated rings. The molecular formula is C23H25N3O5S. The Kier molecular flexibility index (Phi) is 5.95. The van der Waals surface area contributed by atoms with Crippen LogP contribution in [0.3, 0.4) is 0 Å². The zero-order valence-electron chi connectivity index (χ0n) is 17.7. The molecule has 5 rings (SSSR count). The zero-order chi connectivity index (χ0) is 22.1. The second-order valence-corrected chi connectivity index (χ2v) is 9.24. The normalized spacial score (nSPS) is 21.6. The van der Waals surface area contributed by atoms with Crippen LogP contribution in [0.25, 0.3) is 0 Å². The van der Waals surface area contributed by atoms with Gasteiger partial charge in [-0.05, 0) is 24.1 Å². The van der Waals surface area contributed by atoms with Crippen molar-refractivity contribution < 1.29 is 23.9 Å². The number of imide groups is 1. The predicted octanol–water partition coefficient (Wildman–Crippen LogP) is 1.92. The van der Waals surface area contributed by atoms with Crippen molar-refractivity contribution in [1.29, 1.82) is 0 Å². The second kappa shape index (κ2) is 9.01. The predicted molar refractivity (Wildman–Crippen MR) is 117 cm³/mol. The number of nitrogens with one attached hydrogen (secondary N) is 1. The van der Waals surface area contributed by atoms with Crippen molar-refractivity contribution in [1.82, 2.24) is 15.1 Å². The lowest BCUT2D eigenvalue weighted by Gasteiger charge is -2.29. The maximum atomic E-state index is 12.8. The lowest BCUT2D eigenvalue weighted by molar-refractivity contribution is -0.136. The first kappa shape index (κ1) is 21.1. The molecule has 0 unspecified atom stereocenters. The number of morpholine rings is 1. The maximum absolute atomic E-state index is 12.8. The molecule has 0 radical (unpaired) electrons. The molecule has 3 aliphatic heterocycles. The number of nitrogens with zero attached hydrogens (tertiary/aromatic N) is 2. The smallest absolute Gasteiger partial charge is 0.256 e. The van der Waals surface area contributed by atoms with Crippen molar-refractivity contribution in [3.8, 4) is 5.75 Å². The van der Waals surface area contributed by atoms with Crippen LogP contribution in [0.4, 0.5) is 0 Å². The summed E-state index contributed by atoms with van der Waals surface area (Å²) in [6, 6.07) is 7.52. The van der Waals surface area contributed by atoms with E-state index in [0.717, 1.165) is 49.0 Å². The lowest BCUT2D eigenvalue weighted by atomic mass is 10.0. The average molecular weight is 456 g/mol. The van der Waals surface area contributed by atoms with Gasteiger partial charge in [0.2, 0.25) is 11.8 Å². The summed E-state index contributed by atoms with van der Waals surface area (Å²) >= 11 is 1.51. The number of hydrogen-bond acceptors (Lipinski definition) is 7. The first-order chi connectivity index (χ1) is 15.6. The Bertz CT molecular complexity index is 1030. The van der Waals surface area contributed by atoms with E-state index in [0.29, 0.717) is 25.1 Å². The van der Waals surface area contributed by atoms with Gasteiger partial charge in [0.05, 0.1) is 18.8 Å². The fourth-order valence-electron chi connectivity index (χ4n) is 4.38. The van der Waals surface area contributed by atoms with Crippen LogP contribution in [0, 0.1) is 0 Å². The van der Waals surface area contributed by atoms with Crippen molar-refractivity contribution in [2.45, 2.75) is 38.6 Å². The molecule has 4 heterocycles. The number of carbonyl (C=O) groups excluding carboxylic acids is 3. The molecular weight excluding hydrogens is 430 g/mol. The van der Waals surface area contributed by atoms with Crippen molar-refractivity contribution in [2.24, 2.45) is 0 Å². The zero-order valence-corrected chi connectivity index (χ0v) is 18.5. The van der Waals surface area contributed by atoms with Gasteiger partial charge < -0.3 is 14.4 Å². The van der Waals surface area contributed by atoms with E-state index in [4.69, 9.17) is 9.47 Å². The summed E-state index contributed by atoms with van der Waals surface area (Å²) in [7, 11) is 0. The van der Waals surface area contributed by atoms with Gasteiger partial charge in [0.25, 0.3) is 5.91 Å². The third-order valence-electron chi connectivity index (χ3n) is 6.19. The summed E-state index contributed by atoms with van der Waals surface area (Å²) in [5.74, 6) is -0.0378. The van der Waals surface area contributed by atoms with E-state index in [1.807, 2.05) is 17.5 Å². The number of rotatable bonds is 6. The summed E-state index contributed by atoms with van der Waals surface area (Å²) in [5, 5.41) is 4.18. The quantitative estimate of drug-likeness (QED) is 0.670. The molecule has 3 aliphatic rings. The number of piperidine rings is 1. The molecule has 0 bridgehead atoms. The van der Waals surface area contributed by atoms with Crippen molar-refractivity contribution in [3.63, 3.8) is 0 Å². The Hall–Kier alpha value is -2.75.